The van der Waals surface area contributed by atoms with Gasteiger partial charge in [-0.05, 0) is 44.4 Å². The first kappa shape index (κ1) is 17.8. The van der Waals surface area contributed by atoms with E-state index in [1.165, 1.54) is 0 Å². The van der Waals surface area contributed by atoms with Gasteiger partial charge >= 0.3 is 0 Å². The second kappa shape index (κ2) is 8.93. The fourth-order valence-corrected chi connectivity index (χ4v) is 2.27. The third-order valence-electron chi connectivity index (χ3n) is 3.63. The molecule has 0 unspecified atom stereocenters. The summed E-state index contributed by atoms with van der Waals surface area (Å²) in [5.74, 6) is 0.896. The van der Waals surface area contributed by atoms with Crippen LogP contribution in [0, 0.1) is 0 Å². The van der Waals surface area contributed by atoms with E-state index in [2.05, 4.69) is 10.6 Å². The lowest BCUT2D eigenvalue weighted by Crippen LogP contribution is -2.20. The van der Waals surface area contributed by atoms with Crippen LogP contribution < -0.4 is 15.4 Å². The Kier molecular flexibility index (Phi) is 6.63. The molecule has 0 saturated carbocycles. The van der Waals surface area contributed by atoms with Gasteiger partial charge in [0.25, 0.3) is 0 Å². The van der Waals surface area contributed by atoms with Crippen molar-refractivity contribution in [1.82, 2.24) is 4.90 Å². The van der Waals surface area contributed by atoms with Crippen LogP contribution in [0.15, 0.2) is 48.5 Å². The Bertz CT molecular complexity index is 654. The van der Waals surface area contributed by atoms with Gasteiger partial charge < -0.3 is 20.3 Å². The molecule has 0 aliphatic heterocycles. The molecular weight excluding hydrogens is 302 g/mol. The first-order valence-electron chi connectivity index (χ1n) is 7.99. The van der Waals surface area contributed by atoms with Gasteiger partial charge in [0.05, 0.1) is 7.11 Å². The summed E-state index contributed by atoms with van der Waals surface area (Å²) in [7, 11) is 5.58. The van der Waals surface area contributed by atoms with E-state index in [1.54, 1.807) is 7.11 Å². The highest BCUT2D eigenvalue weighted by atomic mass is 16.5. The van der Waals surface area contributed by atoms with Crippen molar-refractivity contribution in [2.24, 2.45) is 0 Å². The normalized spacial score (nSPS) is 10.5. The van der Waals surface area contributed by atoms with E-state index in [4.69, 9.17) is 4.74 Å². The molecule has 0 saturated heterocycles. The van der Waals surface area contributed by atoms with Crippen LogP contribution in [0.1, 0.15) is 12.0 Å². The maximum atomic E-state index is 11.8. The lowest BCUT2D eigenvalue weighted by atomic mass is 10.2. The Balaban J connectivity index is 1.87. The summed E-state index contributed by atoms with van der Waals surface area (Å²) in [6.07, 6.45) is 0.487. The van der Waals surface area contributed by atoms with E-state index in [-0.39, 0.29) is 5.91 Å². The molecule has 0 radical (unpaired) electrons. The van der Waals surface area contributed by atoms with Crippen LogP contribution in [-0.4, -0.2) is 38.6 Å². The van der Waals surface area contributed by atoms with Gasteiger partial charge in [0, 0.05) is 36.4 Å². The first-order chi connectivity index (χ1) is 11.6. The van der Waals surface area contributed by atoms with Crippen LogP contribution in [-0.2, 0) is 11.3 Å². The quantitative estimate of drug-likeness (QED) is 0.782. The number of hydrogen-bond acceptors (Lipinski definition) is 4. The molecule has 2 aromatic carbocycles. The van der Waals surface area contributed by atoms with E-state index in [1.807, 2.05) is 67.5 Å². The van der Waals surface area contributed by atoms with E-state index in [0.717, 1.165) is 29.2 Å². The molecule has 0 bridgehead atoms. The largest absolute Gasteiger partial charge is 0.496 e. The zero-order chi connectivity index (χ0) is 17.4. The average molecular weight is 327 g/mol. The van der Waals surface area contributed by atoms with Crippen molar-refractivity contribution in [2.45, 2.75) is 13.0 Å². The van der Waals surface area contributed by atoms with Crippen LogP contribution in [0.2, 0.25) is 0 Å². The summed E-state index contributed by atoms with van der Waals surface area (Å²) in [6, 6.07) is 15.6. The first-order valence-corrected chi connectivity index (χ1v) is 7.99. The van der Waals surface area contributed by atoms with Crippen LogP contribution in [0.25, 0.3) is 0 Å². The molecule has 0 spiro atoms. The molecule has 2 N–H and O–H groups in total. The molecular formula is C19H25N3O2. The number of amides is 1. The predicted octanol–water partition coefficient (Wildman–Crippen LogP) is 3.20. The Hall–Kier alpha value is -2.53. The number of carbonyl (C=O) groups is 1. The summed E-state index contributed by atoms with van der Waals surface area (Å²) in [4.78, 5) is 13.8. The number of methoxy groups -OCH3 is 1. The standard InChI is InChI=1S/C19H25N3O2/c1-22(2)13-12-19(23)21-17-10-8-16(9-11-17)20-14-15-6-4-5-7-18(15)24-3/h4-11,20H,12-14H2,1-3H3,(H,21,23). The van der Waals surface area contributed by atoms with Crippen molar-refractivity contribution in [2.75, 3.05) is 38.4 Å². The van der Waals surface area contributed by atoms with Gasteiger partial charge in [0.2, 0.25) is 5.91 Å². The van der Waals surface area contributed by atoms with Gasteiger partial charge in [-0.25, -0.2) is 0 Å². The monoisotopic (exact) mass is 327 g/mol. The van der Waals surface area contributed by atoms with Gasteiger partial charge in [-0.15, -0.1) is 0 Å². The third kappa shape index (κ3) is 5.59. The molecule has 0 atom stereocenters. The minimum absolute atomic E-state index is 0.0263. The number of hydrogen-bond donors (Lipinski definition) is 2. The molecule has 0 aliphatic carbocycles. The minimum Gasteiger partial charge on any atom is -0.496 e. The number of nitrogens with zero attached hydrogens (tertiary/aromatic N) is 1. The minimum atomic E-state index is 0.0263. The number of rotatable bonds is 8. The lowest BCUT2D eigenvalue weighted by molar-refractivity contribution is -0.116. The van der Waals surface area contributed by atoms with Crippen molar-refractivity contribution < 1.29 is 9.53 Å². The maximum Gasteiger partial charge on any atom is 0.225 e. The highest BCUT2D eigenvalue weighted by Crippen LogP contribution is 2.20. The SMILES string of the molecule is COc1ccccc1CNc1ccc(NC(=O)CCN(C)C)cc1. The number of carbonyl (C=O) groups excluding carboxylic acids is 1. The molecule has 1 amide bonds. The topological polar surface area (TPSA) is 53.6 Å². The van der Waals surface area contributed by atoms with E-state index in [0.29, 0.717) is 13.0 Å². The molecule has 2 aromatic rings. The van der Waals surface area contributed by atoms with Crippen LogP contribution in [0.5, 0.6) is 5.75 Å². The van der Waals surface area contributed by atoms with E-state index >= 15 is 0 Å². The molecule has 0 heterocycles. The van der Waals surface area contributed by atoms with Crippen LogP contribution >= 0.6 is 0 Å². The molecule has 0 aromatic heterocycles. The number of anilines is 2. The maximum absolute atomic E-state index is 11.8. The van der Waals surface area contributed by atoms with Gasteiger partial charge in [0.1, 0.15) is 5.75 Å². The van der Waals surface area contributed by atoms with Crippen molar-refractivity contribution in [3.8, 4) is 5.75 Å². The lowest BCUT2D eigenvalue weighted by Gasteiger charge is -2.12. The van der Waals surface area contributed by atoms with Crippen molar-refractivity contribution in [3.05, 3.63) is 54.1 Å². The highest BCUT2D eigenvalue weighted by Gasteiger charge is 2.04. The molecule has 0 aliphatic rings. The zero-order valence-electron chi connectivity index (χ0n) is 14.5. The molecule has 2 rings (SSSR count). The average Bonchev–Trinajstić information content (AvgIpc) is 2.59. The Morgan fingerprint density at radius 3 is 2.38 bits per heavy atom. The summed E-state index contributed by atoms with van der Waals surface area (Å²) < 4.78 is 5.35. The van der Waals surface area contributed by atoms with Crippen molar-refractivity contribution >= 4 is 17.3 Å². The Labute approximate surface area is 143 Å². The second-order valence-corrected chi connectivity index (χ2v) is 5.84. The van der Waals surface area contributed by atoms with Crippen molar-refractivity contribution in [1.29, 1.82) is 0 Å². The smallest absolute Gasteiger partial charge is 0.225 e. The van der Waals surface area contributed by atoms with Crippen LogP contribution in [0.4, 0.5) is 11.4 Å². The van der Waals surface area contributed by atoms with Gasteiger partial charge in [-0.2, -0.15) is 0 Å². The summed E-state index contributed by atoms with van der Waals surface area (Å²) >= 11 is 0. The number of para-hydroxylation sites is 1. The fraction of sp³-hybridized carbons (Fsp3) is 0.316. The summed E-state index contributed by atoms with van der Waals surface area (Å²) in [5.41, 5.74) is 2.90. The van der Waals surface area contributed by atoms with Crippen LogP contribution in [0.3, 0.4) is 0 Å². The number of ether oxygens (including phenoxy) is 1. The molecule has 128 valence electrons. The Morgan fingerprint density at radius 1 is 1.04 bits per heavy atom. The van der Waals surface area contributed by atoms with E-state index < -0.39 is 0 Å². The zero-order valence-corrected chi connectivity index (χ0v) is 14.5. The number of nitrogens with one attached hydrogen (secondary N) is 2. The van der Waals surface area contributed by atoms with Gasteiger partial charge in [-0.3, -0.25) is 4.79 Å². The summed E-state index contributed by atoms with van der Waals surface area (Å²) in [6.45, 7) is 1.42. The molecule has 24 heavy (non-hydrogen) atoms. The fourth-order valence-electron chi connectivity index (χ4n) is 2.27. The van der Waals surface area contributed by atoms with Gasteiger partial charge in [-0.1, -0.05) is 18.2 Å². The second-order valence-electron chi connectivity index (χ2n) is 5.84. The third-order valence-corrected chi connectivity index (χ3v) is 3.63. The van der Waals surface area contributed by atoms with Gasteiger partial charge in [0.15, 0.2) is 0 Å². The Morgan fingerprint density at radius 2 is 1.71 bits per heavy atom. The van der Waals surface area contributed by atoms with Crippen molar-refractivity contribution in [3.63, 3.8) is 0 Å². The predicted molar refractivity (Wildman–Crippen MR) is 98.6 cm³/mol. The van der Waals surface area contributed by atoms with E-state index in [9.17, 15) is 4.79 Å². The molecule has 5 heteroatoms. The highest BCUT2D eigenvalue weighted by molar-refractivity contribution is 5.90. The molecule has 5 nitrogen and oxygen atoms in total. The molecule has 0 fully saturated rings. The number of benzene rings is 2. The summed E-state index contributed by atoms with van der Waals surface area (Å²) in [5, 5.41) is 6.26.